The molecule has 13 heteroatoms. The SMILES string of the molecule is Cn1ccc(CON=C2CCN(c3ncc(-c4cccc(COC(=O)NC(=N)N)c4F)cn3)CC2)n1. The van der Waals surface area contributed by atoms with E-state index in [2.05, 4.69) is 20.2 Å². The second-order valence-corrected chi connectivity index (χ2v) is 8.06. The summed E-state index contributed by atoms with van der Waals surface area (Å²) in [7, 11) is 1.85. The molecule has 0 saturated carbocycles. The summed E-state index contributed by atoms with van der Waals surface area (Å²) < 4.78 is 21.6. The lowest BCUT2D eigenvalue weighted by Gasteiger charge is -2.27. The van der Waals surface area contributed by atoms with Crippen LogP contribution in [0.5, 0.6) is 0 Å². The third-order valence-electron chi connectivity index (χ3n) is 5.42. The van der Waals surface area contributed by atoms with Gasteiger partial charge in [0, 0.05) is 68.3 Å². The molecule has 0 aliphatic carbocycles. The number of ether oxygens (including phenoxy) is 1. The summed E-state index contributed by atoms with van der Waals surface area (Å²) in [4.78, 5) is 27.8. The minimum atomic E-state index is -0.936. The van der Waals surface area contributed by atoms with Gasteiger partial charge >= 0.3 is 6.09 Å². The zero-order valence-corrected chi connectivity index (χ0v) is 19.6. The minimum Gasteiger partial charge on any atom is -0.444 e. The van der Waals surface area contributed by atoms with Crippen LogP contribution >= 0.6 is 0 Å². The van der Waals surface area contributed by atoms with Crippen LogP contribution in [0.25, 0.3) is 11.1 Å². The number of carbonyl (C=O) groups excluding carboxylic acids is 1. The van der Waals surface area contributed by atoms with Crippen molar-refractivity contribution >= 4 is 23.7 Å². The van der Waals surface area contributed by atoms with Gasteiger partial charge in [-0.1, -0.05) is 23.4 Å². The smallest absolute Gasteiger partial charge is 0.414 e. The van der Waals surface area contributed by atoms with E-state index in [1.807, 2.05) is 29.5 Å². The molecule has 1 aliphatic heterocycles. The fourth-order valence-electron chi connectivity index (χ4n) is 3.61. The maximum atomic E-state index is 15.0. The summed E-state index contributed by atoms with van der Waals surface area (Å²) in [6, 6.07) is 6.63. The maximum Gasteiger partial charge on any atom is 0.414 e. The predicted octanol–water partition coefficient (Wildman–Crippen LogP) is 2.31. The van der Waals surface area contributed by atoms with Crippen molar-refractivity contribution < 1.29 is 18.8 Å². The van der Waals surface area contributed by atoms with E-state index < -0.39 is 17.9 Å². The van der Waals surface area contributed by atoms with Crippen LogP contribution in [0.3, 0.4) is 0 Å². The number of nitrogens with zero attached hydrogens (tertiary/aromatic N) is 6. The molecule has 0 bridgehead atoms. The van der Waals surface area contributed by atoms with E-state index in [1.165, 1.54) is 6.07 Å². The highest BCUT2D eigenvalue weighted by atomic mass is 19.1. The number of nitrogens with one attached hydrogen (secondary N) is 2. The van der Waals surface area contributed by atoms with E-state index in [1.54, 1.807) is 29.2 Å². The van der Waals surface area contributed by atoms with Crippen LogP contribution in [0.15, 0.2) is 48.0 Å². The maximum absolute atomic E-state index is 15.0. The highest BCUT2D eigenvalue weighted by molar-refractivity contribution is 5.90. The van der Waals surface area contributed by atoms with E-state index in [0.29, 0.717) is 31.2 Å². The molecule has 1 aromatic carbocycles. The number of carbonyl (C=O) groups is 1. The van der Waals surface area contributed by atoms with Crippen molar-refractivity contribution in [2.45, 2.75) is 26.1 Å². The second-order valence-electron chi connectivity index (χ2n) is 8.06. The third kappa shape index (κ3) is 6.31. The molecular formula is C23H26FN9O3. The topological polar surface area (TPSA) is 157 Å². The summed E-state index contributed by atoms with van der Waals surface area (Å²) in [6.45, 7) is 1.39. The van der Waals surface area contributed by atoms with Crippen LogP contribution in [-0.4, -0.2) is 50.6 Å². The van der Waals surface area contributed by atoms with Gasteiger partial charge in [0.2, 0.25) is 5.95 Å². The number of benzene rings is 1. The Labute approximate surface area is 206 Å². The van der Waals surface area contributed by atoms with Gasteiger partial charge in [-0.3, -0.25) is 15.4 Å². The molecule has 2 aromatic heterocycles. The van der Waals surface area contributed by atoms with Gasteiger partial charge in [0.1, 0.15) is 18.1 Å². The molecule has 4 N–H and O–H groups in total. The van der Waals surface area contributed by atoms with Gasteiger partial charge in [-0.05, 0) is 6.07 Å². The van der Waals surface area contributed by atoms with E-state index in [9.17, 15) is 4.79 Å². The van der Waals surface area contributed by atoms with Crippen molar-refractivity contribution in [2.24, 2.45) is 17.9 Å². The number of hydrogen-bond acceptors (Lipinski definition) is 9. The number of guanidine groups is 1. The van der Waals surface area contributed by atoms with Gasteiger partial charge in [-0.25, -0.2) is 19.2 Å². The van der Waals surface area contributed by atoms with E-state index in [-0.39, 0.29) is 17.7 Å². The molecule has 4 rings (SSSR count). The standard InChI is InChI=1S/C23H26FN9O3/c1-32-8-5-18(30-32)14-36-31-17-6-9-33(10-7-17)22-27-11-16(12-28-22)19-4-2-3-15(20(19)24)13-35-23(34)29-21(25)26/h2-5,8,11-12H,6-7,9-10,13-14H2,1H3,(H4,25,26,29,34). The van der Waals surface area contributed by atoms with Crippen molar-refractivity contribution in [3.05, 3.63) is 59.9 Å². The first kappa shape index (κ1) is 24.6. The van der Waals surface area contributed by atoms with Crippen molar-refractivity contribution in [3.8, 4) is 11.1 Å². The minimum absolute atomic E-state index is 0.170. The second kappa shape index (κ2) is 11.3. The number of anilines is 1. The Balaban J connectivity index is 1.32. The molecule has 0 unspecified atom stereocenters. The molecule has 1 aliphatic rings. The first-order valence-corrected chi connectivity index (χ1v) is 11.2. The van der Waals surface area contributed by atoms with Crippen LogP contribution in [0.1, 0.15) is 24.1 Å². The van der Waals surface area contributed by atoms with Gasteiger partial charge in [-0.2, -0.15) is 5.10 Å². The molecule has 188 valence electrons. The molecule has 0 radical (unpaired) electrons. The molecule has 3 aromatic rings. The molecule has 0 spiro atoms. The molecule has 0 atom stereocenters. The average Bonchev–Trinajstić information content (AvgIpc) is 3.28. The van der Waals surface area contributed by atoms with Crippen molar-refractivity contribution in [1.82, 2.24) is 25.1 Å². The number of hydrogen-bond donors (Lipinski definition) is 3. The number of nitrogens with two attached hydrogens (primary N) is 1. The number of aromatic nitrogens is 4. The Kier molecular flexibility index (Phi) is 7.68. The Morgan fingerprint density at radius 1 is 1.22 bits per heavy atom. The number of halogens is 1. The molecule has 1 fully saturated rings. The van der Waals surface area contributed by atoms with Crippen LogP contribution in [0.4, 0.5) is 15.1 Å². The van der Waals surface area contributed by atoms with Gasteiger partial charge in [0.25, 0.3) is 0 Å². The van der Waals surface area contributed by atoms with Crippen LogP contribution in [-0.2, 0) is 29.8 Å². The Morgan fingerprint density at radius 3 is 2.64 bits per heavy atom. The van der Waals surface area contributed by atoms with Gasteiger partial charge in [0.15, 0.2) is 12.6 Å². The van der Waals surface area contributed by atoms with Crippen molar-refractivity contribution in [3.63, 3.8) is 0 Å². The van der Waals surface area contributed by atoms with E-state index in [0.717, 1.165) is 24.2 Å². The van der Waals surface area contributed by atoms with Crippen molar-refractivity contribution in [1.29, 1.82) is 5.41 Å². The number of piperidine rings is 1. The largest absolute Gasteiger partial charge is 0.444 e. The number of oxime groups is 1. The fraction of sp³-hybridized carbons (Fsp3) is 0.304. The molecule has 1 saturated heterocycles. The zero-order valence-electron chi connectivity index (χ0n) is 19.6. The van der Waals surface area contributed by atoms with E-state index in [4.69, 9.17) is 20.7 Å². The Hall–Kier alpha value is -4.55. The molecule has 3 heterocycles. The molecule has 1 amide bonds. The summed E-state index contributed by atoms with van der Waals surface area (Å²) >= 11 is 0. The number of rotatable bonds is 7. The third-order valence-corrected chi connectivity index (χ3v) is 5.42. The van der Waals surface area contributed by atoms with Crippen molar-refractivity contribution in [2.75, 3.05) is 18.0 Å². The first-order chi connectivity index (χ1) is 17.4. The van der Waals surface area contributed by atoms with Crippen LogP contribution in [0.2, 0.25) is 0 Å². The summed E-state index contributed by atoms with van der Waals surface area (Å²) in [5.41, 5.74) is 7.81. The highest BCUT2D eigenvalue weighted by Crippen LogP contribution is 2.25. The fourth-order valence-corrected chi connectivity index (χ4v) is 3.61. The molecular weight excluding hydrogens is 469 g/mol. The van der Waals surface area contributed by atoms with Gasteiger partial charge < -0.3 is 20.2 Å². The normalized spacial score (nSPS) is 13.3. The summed E-state index contributed by atoms with van der Waals surface area (Å²) in [5.74, 6) is -0.556. The summed E-state index contributed by atoms with van der Waals surface area (Å²) in [6.07, 6.45) is 5.49. The monoisotopic (exact) mass is 495 g/mol. The Bertz CT molecular complexity index is 1250. The van der Waals surface area contributed by atoms with Crippen LogP contribution < -0.4 is 16.0 Å². The molecule has 12 nitrogen and oxygen atoms in total. The number of amides is 1. The zero-order chi connectivity index (χ0) is 25.5. The van der Waals surface area contributed by atoms with Gasteiger partial charge in [-0.15, -0.1) is 0 Å². The highest BCUT2D eigenvalue weighted by Gasteiger charge is 2.19. The number of aryl methyl sites for hydroxylation is 1. The summed E-state index contributed by atoms with van der Waals surface area (Å²) in [5, 5.41) is 17.5. The first-order valence-electron chi connectivity index (χ1n) is 11.2. The molecule has 36 heavy (non-hydrogen) atoms. The average molecular weight is 496 g/mol. The van der Waals surface area contributed by atoms with Crippen LogP contribution in [0, 0.1) is 11.2 Å². The quantitative estimate of drug-likeness (QED) is 0.256. The van der Waals surface area contributed by atoms with E-state index >= 15 is 4.39 Å². The number of alkyl carbamates (subject to hydrolysis) is 1. The van der Waals surface area contributed by atoms with Gasteiger partial charge in [0.05, 0.1) is 5.71 Å². The predicted molar refractivity (Wildman–Crippen MR) is 130 cm³/mol. The lowest BCUT2D eigenvalue weighted by Crippen LogP contribution is -2.36. The lowest BCUT2D eigenvalue weighted by molar-refractivity contribution is 0.126. The lowest BCUT2D eigenvalue weighted by atomic mass is 10.1. The Morgan fingerprint density at radius 2 is 1.97 bits per heavy atom.